The second-order valence-electron chi connectivity index (χ2n) is 6.29. The Kier molecular flexibility index (Phi) is 4.86. The topological polar surface area (TPSA) is 58.1 Å². The molecule has 8 heteroatoms. The molecule has 2 aromatic heterocycles. The van der Waals surface area contributed by atoms with E-state index in [-0.39, 0.29) is 24.3 Å². The van der Waals surface area contributed by atoms with Gasteiger partial charge >= 0.3 is 0 Å². The van der Waals surface area contributed by atoms with E-state index in [0.717, 1.165) is 15.2 Å². The van der Waals surface area contributed by atoms with Gasteiger partial charge in [-0.15, -0.1) is 11.3 Å². The van der Waals surface area contributed by atoms with E-state index in [4.69, 9.17) is 0 Å². The Morgan fingerprint density at radius 1 is 1.15 bits per heavy atom. The summed E-state index contributed by atoms with van der Waals surface area (Å²) in [6.45, 7) is 2.24. The Morgan fingerprint density at radius 3 is 2.74 bits per heavy atom. The highest BCUT2D eigenvalue weighted by atomic mass is 32.1. The number of nitrogens with one attached hydrogen (secondary N) is 1. The molecule has 0 aliphatic carbocycles. The van der Waals surface area contributed by atoms with Gasteiger partial charge in [0.1, 0.15) is 10.8 Å². The molecule has 0 radical (unpaired) electrons. The van der Waals surface area contributed by atoms with Crippen LogP contribution in [0.15, 0.2) is 42.5 Å². The van der Waals surface area contributed by atoms with E-state index in [9.17, 15) is 9.18 Å². The molecule has 0 saturated carbocycles. The van der Waals surface area contributed by atoms with E-state index in [1.165, 1.54) is 23.5 Å². The van der Waals surface area contributed by atoms with Gasteiger partial charge in [0, 0.05) is 0 Å². The number of fused-ring (bicyclic) bond motifs is 2. The monoisotopic (exact) mass is 400 g/mol. The van der Waals surface area contributed by atoms with E-state index >= 15 is 0 Å². The summed E-state index contributed by atoms with van der Waals surface area (Å²) >= 11 is 2.90. The summed E-state index contributed by atoms with van der Waals surface area (Å²) in [7, 11) is 1.89. The Labute approximate surface area is 163 Å². The second-order valence-corrected chi connectivity index (χ2v) is 8.38. The number of para-hydroxylation sites is 1. The van der Waals surface area contributed by atoms with Crippen molar-refractivity contribution in [3.8, 4) is 0 Å². The molecular weight excluding hydrogens is 383 g/mol. The maximum atomic E-state index is 13.3. The van der Waals surface area contributed by atoms with Crippen LogP contribution in [0.1, 0.15) is 18.0 Å². The minimum atomic E-state index is -0.312. The van der Waals surface area contributed by atoms with Gasteiger partial charge in [0.05, 0.1) is 33.0 Å². The van der Waals surface area contributed by atoms with Gasteiger partial charge in [-0.25, -0.2) is 14.4 Å². The lowest BCUT2D eigenvalue weighted by Crippen LogP contribution is -2.32. The standard InChI is InChI=1S/C19H17FN4OS2/c1-11(18-21-13-5-3-4-6-15(13)26-18)24(2)10-17(25)23-19-22-14-8-7-12(20)9-16(14)27-19/h3-9,11H,10H2,1-2H3,(H,22,23,25). The van der Waals surface area contributed by atoms with Crippen LogP contribution in [0.25, 0.3) is 20.4 Å². The number of hydrogen-bond acceptors (Lipinski definition) is 6. The van der Waals surface area contributed by atoms with Crippen LogP contribution in [0.4, 0.5) is 9.52 Å². The molecule has 5 nitrogen and oxygen atoms in total. The third-order valence-corrected chi connectivity index (χ3v) is 6.46. The zero-order valence-electron chi connectivity index (χ0n) is 14.8. The quantitative estimate of drug-likeness (QED) is 0.529. The van der Waals surface area contributed by atoms with Gasteiger partial charge < -0.3 is 5.32 Å². The third kappa shape index (κ3) is 3.83. The van der Waals surface area contributed by atoms with Crippen molar-refractivity contribution in [1.29, 1.82) is 0 Å². The molecule has 0 saturated heterocycles. The molecule has 0 aliphatic rings. The molecule has 0 fully saturated rings. The highest BCUT2D eigenvalue weighted by molar-refractivity contribution is 7.22. The summed E-state index contributed by atoms with van der Waals surface area (Å²) in [6, 6.07) is 12.4. The molecular formula is C19H17FN4OS2. The lowest BCUT2D eigenvalue weighted by atomic mass is 10.3. The minimum Gasteiger partial charge on any atom is -0.301 e. The maximum Gasteiger partial charge on any atom is 0.240 e. The van der Waals surface area contributed by atoms with Gasteiger partial charge in [-0.1, -0.05) is 23.5 Å². The number of thiazole rings is 2. The van der Waals surface area contributed by atoms with Crippen LogP contribution >= 0.6 is 22.7 Å². The van der Waals surface area contributed by atoms with Crippen LogP contribution in [0, 0.1) is 5.82 Å². The molecule has 0 aliphatic heterocycles. The van der Waals surface area contributed by atoms with E-state index in [1.807, 2.05) is 43.1 Å². The van der Waals surface area contributed by atoms with Crippen LogP contribution in [-0.4, -0.2) is 34.4 Å². The number of anilines is 1. The zero-order valence-corrected chi connectivity index (χ0v) is 16.4. The number of halogens is 1. The first-order valence-corrected chi connectivity index (χ1v) is 10.0. The average Bonchev–Trinajstić information content (AvgIpc) is 3.23. The van der Waals surface area contributed by atoms with E-state index in [0.29, 0.717) is 15.3 Å². The fourth-order valence-electron chi connectivity index (χ4n) is 2.73. The number of carbonyl (C=O) groups excluding carboxylic acids is 1. The van der Waals surface area contributed by atoms with Gasteiger partial charge in [0.25, 0.3) is 0 Å². The van der Waals surface area contributed by atoms with Crippen LogP contribution in [-0.2, 0) is 4.79 Å². The van der Waals surface area contributed by atoms with Gasteiger partial charge in [0.15, 0.2) is 5.13 Å². The molecule has 4 rings (SSSR count). The summed E-state index contributed by atoms with van der Waals surface area (Å²) in [6.07, 6.45) is 0. The summed E-state index contributed by atoms with van der Waals surface area (Å²) in [5.74, 6) is -0.474. The molecule has 2 heterocycles. The van der Waals surface area contributed by atoms with E-state index < -0.39 is 0 Å². The Hall–Kier alpha value is -2.42. The summed E-state index contributed by atoms with van der Waals surface area (Å²) < 4.78 is 15.1. The minimum absolute atomic E-state index is 0.0117. The van der Waals surface area contributed by atoms with Crippen molar-refractivity contribution in [2.75, 3.05) is 18.9 Å². The third-order valence-electron chi connectivity index (χ3n) is 4.32. The molecule has 0 bridgehead atoms. The number of carbonyl (C=O) groups is 1. The van der Waals surface area contributed by atoms with Crippen LogP contribution in [0.3, 0.4) is 0 Å². The average molecular weight is 401 g/mol. The fraction of sp³-hybridized carbons (Fsp3) is 0.211. The molecule has 1 amide bonds. The van der Waals surface area contributed by atoms with Crippen molar-refractivity contribution in [3.05, 3.63) is 53.3 Å². The molecule has 1 N–H and O–H groups in total. The normalized spacial score (nSPS) is 12.7. The van der Waals surface area contributed by atoms with Crippen molar-refractivity contribution in [2.45, 2.75) is 13.0 Å². The first kappa shape index (κ1) is 18.0. The number of amides is 1. The fourth-order valence-corrected chi connectivity index (χ4v) is 4.72. The molecule has 1 unspecified atom stereocenters. The van der Waals surface area contributed by atoms with Crippen molar-refractivity contribution in [1.82, 2.24) is 14.9 Å². The van der Waals surface area contributed by atoms with Crippen molar-refractivity contribution in [3.63, 3.8) is 0 Å². The second kappa shape index (κ2) is 7.30. The Balaban J connectivity index is 1.43. The van der Waals surface area contributed by atoms with Gasteiger partial charge in [-0.3, -0.25) is 9.69 Å². The smallest absolute Gasteiger partial charge is 0.240 e. The molecule has 1 atom stereocenters. The largest absolute Gasteiger partial charge is 0.301 e. The number of likely N-dealkylation sites (N-methyl/N-ethyl adjacent to an activating group) is 1. The van der Waals surface area contributed by atoms with Crippen molar-refractivity contribution in [2.24, 2.45) is 0 Å². The molecule has 2 aromatic carbocycles. The number of aromatic nitrogens is 2. The lowest BCUT2D eigenvalue weighted by molar-refractivity contribution is -0.117. The molecule has 138 valence electrons. The maximum absolute atomic E-state index is 13.3. The van der Waals surface area contributed by atoms with Crippen LogP contribution in [0.2, 0.25) is 0 Å². The van der Waals surface area contributed by atoms with Gasteiger partial charge in [0.2, 0.25) is 5.91 Å². The van der Waals surface area contributed by atoms with E-state index in [2.05, 4.69) is 15.3 Å². The van der Waals surface area contributed by atoms with Crippen LogP contribution in [0.5, 0.6) is 0 Å². The Morgan fingerprint density at radius 2 is 1.93 bits per heavy atom. The van der Waals surface area contributed by atoms with E-state index in [1.54, 1.807) is 17.4 Å². The molecule has 27 heavy (non-hydrogen) atoms. The molecule has 0 spiro atoms. The number of nitrogens with zero attached hydrogens (tertiary/aromatic N) is 3. The summed E-state index contributed by atoms with van der Waals surface area (Å²) in [4.78, 5) is 23.3. The number of hydrogen-bond donors (Lipinski definition) is 1. The van der Waals surface area contributed by atoms with Gasteiger partial charge in [-0.05, 0) is 44.3 Å². The SMILES string of the molecule is CC(c1nc2ccccc2s1)N(C)CC(=O)Nc1nc2ccc(F)cc2s1. The first-order valence-electron chi connectivity index (χ1n) is 8.41. The van der Waals surface area contributed by atoms with Crippen LogP contribution < -0.4 is 5.32 Å². The summed E-state index contributed by atoms with van der Waals surface area (Å²) in [5, 5.41) is 4.25. The van der Waals surface area contributed by atoms with Crippen molar-refractivity contribution >= 4 is 54.1 Å². The first-order chi connectivity index (χ1) is 13.0. The highest BCUT2D eigenvalue weighted by Crippen LogP contribution is 2.29. The lowest BCUT2D eigenvalue weighted by Gasteiger charge is -2.21. The number of benzene rings is 2. The van der Waals surface area contributed by atoms with Crippen molar-refractivity contribution < 1.29 is 9.18 Å². The summed E-state index contributed by atoms with van der Waals surface area (Å²) in [5.41, 5.74) is 1.65. The Bertz CT molecular complexity index is 1090. The highest BCUT2D eigenvalue weighted by Gasteiger charge is 2.19. The molecule has 4 aromatic rings. The number of rotatable bonds is 5. The predicted molar refractivity (Wildman–Crippen MR) is 109 cm³/mol. The van der Waals surface area contributed by atoms with Gasteiger partial charge in [-0.2, -0.15) is 0 Å². The predicted octanol–water partition coefficient (Wildman–Crippen LogP) is 4.68. The zero-order chi connectivity index (χ0) is 19.0.